The third kappa shape index (κ3) is 3.57. The molecule has 0 saturated carbocycles. The topological polar surface area (TPSA) is 52.0 Å². The van der Waals surface area contributed by atoms with Crippen molar-refractivity contribution in [3.05, 3.63) is 41.5 Å². The Hall–Kier alpha value is -1.88. The van der Waals surface area contributed by atoms with E-state index in [1.54, 1.807) is 13.4 Å². The first-order valence-corrected chi connectivity index (χ1v) is 6.95. The van der Waals surface area contributed by atoms with Gasteiger partial charge in [-0.3, -0.25) is 0 Å². The van der Waals surface area contributed by atoms with Gasteiger partial charge in [-0.25, -0.2) is 9.67 Å². The van der Waals surface area contributed by atoms with E-state index in [2.05, 4.69) is 35.3 Å². The van der Waals surface area contributed by atoms with E-state index in [-0.39, 0.29) is 0 Å². The number of aromatic nitrogens is 3. The van der Waals surface area contributed by atoms with E-state index in [9.17, 15) is 0 Å². The summed E-state index contributed by atoms with van der Waals surface area (Å²) in [6.45, 7) is 6.62. The van der Waals surface area contributed by atoms with Gasteiger partial charge in [-0.15, -0.1) is 0 Å². The van der Waals surface area contributed by atoms with Crippen LogP contribution in [0.25, 0.3) is 0 Å². The fourth-order valence-electron chi connectivity index (χ4n) is 2.13. The number of hydrogen-bond acceptors (Lipinski definition) is 4. The van der Waals surface area contributed by atoms with Crippen molar-refractivity contribution in [1.82, 2.24) is 20.1 Å². The second-order valence-corrected chi connectivity index (χ2v) is 4.83. The number of aryl methyl sites for hydroxylation is 1. The molecule has 1 aromatic carbocycles. The van der Waals surface area contributed by atoms with Crippen LogP contribution in [-0.4, -0.2) is 28.4 Å². The molecule has 0 saturated heterocycles. The predicted octanol–water partition coefficient (Wildman–Crippen LogP) is 2.14. The molecule has 0 aliphatic rings. The number of methoxy groups -OCH3 is 1. The summed E-state index contributed by atoms with van der Waals surface area (Å²) >= 11 is 0. The van der Waals surface area contributed by atoms with Crippen molar-refractivity contribution in [3.63, 3.8) is 0 Å². The third-order valence-corrected chi connectivity index (χ3v) is 3.16. The second kappa shape index (κ2) is 7.05. The maximum atomic E-state index is 5.41. The molecule has 20 heavy (non-hydrogen) atoms. The SMILES string of the molecule is CCCNCc1ncnn1Cc1cc(C)ccc1OC. The molecule has 0 atom stereocenters. The Morgan fingerprint density at radius 1 is 1.35 bits per heavy atom. The molecule has 0 amide bonds. The van der Waals surface area contributed by atoms with Crippen molar-refractivity contribution < 1.29 is 4.74 Å². The summed E-state index contributed by atoms with van der Waals surface area (Å²) in [4.78, 5) is 4.31. The van der Waals surface area contributed by atoms with Gasteiger partial charge in [-0.1, -0.05) is 24.6 Å². The van der Waals surface area contributed by atoms with Crippen molar-refractivity contribution in [2.75, 3.05) is 13.7 Å². The number of benzene rings is 1. The Kier molecular flexibility index (Phi) is 5.12. The van der Waals surface area contributed by atoms with E-state index >= 15 is 0 Å². The van der Waals surface area contributed by atoms with Crippen LogP contribution in [0.1, 0.15) is 30.3 Å². The Morgan fingerprint density at radius 3 is 2.95 bits per heavy atom. The van der Waals surface area contributed by atoms with Crippen molar-refractivity contribution in [2.24, 2.45) is 0 Å². The molecule has 0 fully saturated rings. The Balaban J connectivity index is 2.14. The lowest BCUT2D eigenvalue weighted by molar-refractivity contribution is 0.406. The van der Waals surface area contributed by atoms with Crippen molar-refractivity contribution in [2.45, 2.75) is 33.4 Å². The van der Waals surface area contributed by atoms with Crippen LogP contribution in [0.3, 0.4) is 0 Å². The van der Waals surface area contributed by atoms with Gasteiger partial charge >= 0.3 is 0 Å². The van der Waals surface area contributed by atoms with Crippen LogP contribution in [-0.2, 0) is 13.1 Å². The molecule has 0 aliphatic heterocycles. The van der Waals surface area contributed by atoms with Crippen LogP contribution in [0.2, 0.25) is 0 Å². The van der Waals surface area contributed by atoms with Gasteiger partial charge in [0.1, 0.15) is 17.9 Å². The standard InChI is InChI=1S/C15H22N4O/c1-4-7-16-9-15-17-11-18-19(15)10-13-8-12(2)5-6-14(13)20-3/h5-6,8,11,16H,4,7,9-10H2,1-3H3. The molecule has 0 spiro atoms. The Morgan fingerprint density at radius 2 is 2.20 bits per heavy atom. The monoisotopic (exact) mass is 274 g/mol. The maximum Gasteiger partial charge on any atom is 0.141 e. The lowest BCUT2D eigenvalue weighted by Gasteiger charge is -2.11. The molecule has 0 radical (unpaired) electrons. The van der Waals surface area contributed by atoms with Crippen molar-refractivity contribution in [1.29, 1.82) is 0 Å². The molecule has 0 aliphatic carbocycles. The average molecular weight is 274 g/mol. The quantitative estimate of drug-likeness (QED) is 0.786. The molecule has 1 N–H and O–H groups in total. The van der Waals surface area contributed by atoms with Crippen LogP contribution in [0.5, 0.6) is 5.75 Å². The van der Waals surface area contributed by atoms with Crippen LogP contribution in [0, 0.1) is 6.92 Å². The minimum Gasteiger partial charge on any atom is -0.496 e. The molecular weight excluding hydrogens is 252 g/mol. The zero-order valence-electron chi connectivity index (χ0n) is 12.4. The van der Waals surface area contributed by atoms with Gasteiger partial charge in [0.05, 0.1) is 20.2 Å². The van der Waals surface area contributed by atoms with Gasteiger partial charge < -0.3 is 10.1 Å². The number of hydrogen-bond donors (Lipinski definition) is 1. The highest BCUT2D eigenvalue weighted by Crippen LogP contribution is 2.20. The van der Waals surface area contributed by atoms with Gasteiger partial charge in [-0.2, -0.15) is 5.10 Å². The molecule has 2 aromatic rings. The largest absolute Gasteiger partial charge is 0.496 e. The first kappa shape index (κ1) is 14.5. The number of nitrogens with zero attached hydrogens (tertiary/aromatic N) is 3. The zero-order chi connectivity index (χ0) is 14.4. The summed E-state index contributed by atoms with van der Waals surface area (Å²) in [5.41, 5.74) is 2.33. The van der Waals surface area contributed by atoms with E-state index in [4.69, 9.17) is 4.74 Å². The summed E-state index contributed by atoms with van der Waals surface area (Å²) < 4.78 is 7.33. The predicted molar refractivity (Wildman–Crippen MR) is 78.9 cm³/mol. The van der Waals surface area contributed by atoms with E-state index in [1.165, 1.54) is 5.56 Å². The van der Waals surface area contributed by atoms with E-state index in [0.717, 1.165) is 36.6 Å². The van der Waals surface area contributed by atoms with Crippen molar-refractivity contribution in [3.8, 4) is 5.75 Å². The lowest BCUT2D eigenvalue weighted by Crippen LogP contribution is -2.18. The Bertz CT molecular complexity index is 551. The lowest BCUT2D eigenvalue weighted by atomic mass is 10.1. The number of nitrogens with one attached hydrogen (secondary N) is 1. The highest BCUT2D eigenvalue weighted by molar-refractivity contribution is 5.37. The second-order valence-electron chi connectivity index (χ2n) is 4.83. The highest BCUT2D eigenvalue weighted by atomic mass is 16.5. The summed E-state index contributed by atoms with van der Waals surface area (Å²) in [6.07, 6.45) is 2.71. The summed E-state index contributed by atoms with van der Waals surface area (Å²) in [7, 11) is 1.69. The first-order chi connectivity index (χ1) is 9.74. The molecule has 0 unspecified atom stereocenters. The van der Waals surface area contributed by atoms with Crippen LogP contribution in [0.15, 0.2) is 24.5 Å². The fourth-order valence-corrected chi connectivity index (χ4v) is 2.13. The number of rotatable bonds is 7. The van der Waals surface area contributed by atoms with Crippen LogP contribution >= 0.6 is 0 Å². The third-order valence-electron chi connectivity index (χ3n) is 3.16. The molecule has 0 bridgehead atoms. The molecule has 1 aromatic heterocycles. The summed E-state index contributed by atoms with van der Waals surface area (Å²) in [6, 6.07) is 6.17. The highest BCUT2D eigenvalue weighted by Gasteiger charge is 2.08. The molecule has 2 rings (SSSR count). The molecule has 5 nitrogen and oxygen atoms in total. The zero-order valence-corrected chi connectivity index (χ0v) is 12.4. The smallest absolute Gasteiger partial charge is 0.141 e. The fraction of sp³-hybridized carbons (Fsp3) is 0.467. The van der Waals surface area contributed by atoms with Crippen LogP contribution in [0.4, 0.5) is 0 Å². The molecule has 1 heterocycles. The summed E-state index contributed by atoms with van der Waals surface area (Å²) in [5.74, 6) is 1.83. The van der Waals surface area contributed by atoms with Crippen molar-refractivity contribution >= 4 is 0 Å². The van der Waals surface area contributed by atoms with Crippen LogP contribution < -0.4 is 10.1 Å². The van der Waals surface area contributed by atoms with Gasteiger partial charge in [0.2, 0.25) is 0 Å². The van der Waals surface area contributed by atoms with Gasteiger partial charge in [-0.05, 0) is 26.0 Å². The number of ether oxygens (including phenoxy) is 1. The minimum absolute atomic E-state index is 0.675. The van der Waals surface area contributed by atoms with E-state index in [1.807, 2.05) is 16.8 Å². The Labute approximate surface area is 120 Å². The molecular formula is C15H22N4O. The minimum atomic E-state index is 0.675. The molecule has 108 valence electrons. The van der Waals surface area contributed by atoms with Gasteiger partial charge in [0.15, 0.2) is 0 Å². The maximum absolute atomic E-state index is 5.41. The van der Waals surface area contributed by atoms with Gasteiger partial charge in [0, 0.05) is 5.56 Å². The van der Waals surface area contributed by atoms with E-state index in [0.29, 0.717) is 6.54 Å². The van der Waals surface area contributed by atoms with E-state index < -0.39 is 0 Å². The van der Waals surface area contributed by atoms with Gasteiger partial charge in [0.25, 0.3) is 0 Å². The molecule has 5 heteroatoms. The summed E-state index contributed by atoms with van der Waals surface area (Å²) in [5, 5.41) is 7.65. The normalized spacial score (nSPS) is 10.8. The average Bonchev–Trinajstić information content (AvgIpc) is 2.87. The first-order valence-electron chi connectivity index (χ1n) is 6.95.